The molecule has 2 aliphatic heterocycles. The fourth-order valence-electron chi connectivity index (χ4n) is 3.70. The number of carbonyl (C=O) groups is 1. The van der Waals surface area contributed by atoms with Gasteiger partial charge in [0.25, 0.3) is 0 Å². The zero-order valence-corrected chi connectivity index (χ0v) is 14.0. The van der Waals surface area contributed by atoms with Gasteiger partial charge in [-0.15, -0.1) is 0 Å². The van der Waals surface area contributed by atoms with E-state index in [1.165, 1.54) is 12.4 Å². The number of morpholine rings is 1. The van der Waals surface area contributed by atoms with Gasteiger partial charge in [-0.3, -0.25) is 4.79 Å². The number of hydrogen-bond donors (Lipinski definition) is 0. The molecule has 7 heteroatoms. The lowest BCUT2D eigenvalue weighted by molar-refractivity contribution is -0.139. The third kappa shape index (κ3) is 3.16. The summed E-state index contributed by atoms with van der Waals surface area (Å²) in [6.45, 7) is 3.85. The first-order valence-electron chi connectivity index (χ1n) is 8.75. The molecule has 1 aromatic carbocycles. The third-order valence-electron chi connectivity index (χ3n) is 4.98. The number of nitrogens with zero attached hydrogens (tertiary/aromatic N) is 4. The Morgan fingerprint density at radius 1 is 1.20 bits per heavy atom. The number of amides is 1. The van der Waals surface area contributed by atoms with Crippen LogP contribution in [0.1, 0.15) is 12.8 Å². The largest absolute Gasteiger partial charge is 0.378 e. The predicted octanol–water partition coefficient (Wildman–Crippen LogP) is 1.84. The Kier molecular flexibility index (Phi) is 4.48. The van der Waals surface area contributed by atoms with Gasteiger partial charge < -0.3 is 14.5 Å². The third-order valence-corrected chi connectivity index (χ3v) is 4.98. The number of ether oxygens (including phenoxy) is 1. The highest BCUT2D eigenvalue weighted by Gasteiger charge is 2.31. The number of halogens is 1. The van der Waals surface area contributed by atoms with Crippen LogP contribution in [0.25, 0.3) is 10.9 Å². The highest BCUT2D eigenvalue weighted by Crippen LogP contribution is 2.29. The molecule has 0 spiro atoms. The standard InChI is InChI=1S/C18H21FN4O2/c19-14-4-1-5-15-16(14)17(21-12-20-15)23-6-2-3-13(11-23)18(24)22-7-9-25-10-8-22/h1,4-5,12-13H,2-3,6-11H2. The van der Waals surface area contributed by atoms with Crippen LogP contribution >= 0.6 is 0 Å². The summed E-state index contributed by atoms with van der Waals surface area (Å²) in [7, 11) is 0. The summed E-state index contributed by atoms with van der Waals surface area (Å²) in [5.41, 5.74) is 0.589. The lowest BCUT2D eigenvalue weighted by Gasteiger charge is -2.37. The van der Waals surface area contributed by atoms with Gasteiger partial charge in [0.15, 0.2) is 0 Å². The van der Waals surface area contributed by atoms with Gasteiger partial charge in [0.1, 0.15) is 18.0 Å². The summed E-state index contributed by atoms with van der Waals surface area (Å²) in [5, 5.41) is 0.435. The van der Waals surface area contributed by atoms with Crippen molar-refractivity contribution in [2.24, 2.45) is 5.92 Å². The molecule has 0 bridgehead atoms. The molecule has 2 saturated heterocycles. The monoisotopic (exact) mass is 344 g/mol. The van der Waals surface area contributed by atoms with Gasteiger partial charge in [-0.05, 0) is 25.0 Å². The Balaban J connectivity index is 1.58. The van der Waals surface area contributed by atoms with Gasteiger partial charge in [0.2, 0.25) is 5.91 Å². The smallest absolute Gasteiger partial charge is 0.227 e. The Labute approximate surface area is 145 Å². The lowest BCUT2D eigenvalue weighted by atomic mass is 9.96. The average Bonchev–Trinajstić information content (AvgIpc) is 2.68. The molecule has 1 aromatic heterocycles. The van der Waals surface area contributed by atoms with Crippen molar-refractivity contribution < 1.29 is 13.9 Å². The molecular formula is C18H21FN4O2. The molecule has 2 aliphatic rings. The second-order valence-corrected chi connectivity index (χ2v) is 6.55. The Bertz CT molecular complexity index is 774. The molecule has 3 heterocycles. The van der Waals surface area contributed by atoms with E-state index < -0.39 is 0 Å². The molecule has 6 nitrogen and oxygen atoms in total. The van der Waals surface area contributed by atoms with Gasteiger partial charge in [-0.2, -0.15) is 0 Å². The second kappa shape index (κ2) is 6.92. The van der Waals surface area contributed by atoms with E-state index >= 15 is 0 Å². The normalized spacial score (nSPS) is 21.6. The van der Waals surface area contributed by atoms with E-state index in [9.17, 15) is 9.18 Å². The molecule has 0 saturated carbocycles. The van der Waals surface area contributed by atoms with Crippen molar-refractivity contribution in [1.29, 1.82) is 0 Å². The van der Waals surface area contributed by atoms with Crippen LogP contribution in [0.5, 0.6) is 0 Å². The molecule has 2 fully saturated rings. The van der Waals surface area contributed by atoms with Crippen molar-refractivity contribution in [3.63, 3.8) is 0 Å². The van der Waals surface area contributed by atoms with Crippen LogP contribution in [0.2, 0.25) is 0 Å². The number of carbonyl (C=O) groups excluding carboxylic acids is 1. The van der Waals surface area contributed by atoms with Crippen molar-refractivity contribution in [2.75, 3.05) is 44.3 Å². The topological polar surface area (TPSA) is 58.6 Å². The van der Waals surface area contributed by atoms with Gasteiger partial charge in [-0.1, -0.05) is 6.07 Å². The van der Waals surface area contributed by atoms with Crippen LogP contribution in [-0.4, -0.2) is 60.2 Å². The Hall–Kier alpha value is -2.28. The highest BCUT2D eigenvalue weighted by molar-refractivity contribution is 5.90. The van der Waals surface area contributed by atoms with Crippen molar-refractivity contribution >= 4 is 22.6 Å². The van der Waals surface area contributed by atoms with Crippen LogP contribution < -0.4 is 4.90 Å². The van der Waals surface area contributed by atoms with Gasteiger partial charge >= 0.3 is 0 Å². The summed E-state index contributed by atoms with van der Waals surface area (Å²) < 4.78 is 19.7. The molecule has 2 aromatic rings. The SMILES string of the molecule is O=C(C1CCCN(c2ncnc3cccc(F)c23)C1)N1CCOCC1. The highest BCUT2D eigenvalue weighted by atomic mass is 19.1. The van der Waals surface area contributed by atoms with E-state index in [4.69, 9.17) is 4.74 Å². The first-order valence-corrected chi connectivity index (χ1v) is 8.75. The zero-order chi connectivity index (χ0) is 17.2. The van der Waals surface area contributed by atoms with Crippen LogP contribution in [0, 0.1) is 11.7 Å². The number of benzene rings is 1. The van der Waals surface area contributed by atoms with E-state index in [-0.39, 0.29) is 17.6 Å². The molecular weight excluding hydrogens is 323 g/mol. The Morgan fingerprint density at radius 3 is 2.88 bits per heavy atom. The van der Waals surface area contributed by atoms with Crippen molar-refractivity contribution in [3.05, 3.63) is 30.3 Å². The molecule has 1 amide bonds. The number of anilines is 1. The van der Waals surface area contributed by atoms with Crippen molar-refractivity contribution in [3.8, 4) is 0 Å². The maximum atomic E-state index is 14.4. The first-order chi connectivity index (χ1) is 12.2. The number of fused-ring (bicyclic) bond motifs is 1. The predicted molar refractivity (Wildman–Crippen MR) is 91.8 cm³/mol. The van der Waals surface area contributed by atoms with E-state index in [0.29, 0.717) is 49.6 Å². The second-order valence-electron chi connectivity index (χ2n) is 6.55. The summed E-state index contributed by atoms with van der Waals surface area (Å²) in [4.78, 5) is 25.2. The van der Waals surface area contributed by atoms with Gasteiger partial charge in [-0.25, -0.2) is 14.4 Å². The van der Waals surface area contributed by atoms with E-state index in [0.717, 1.165) is 19.4 Å². The van der Waals surface area contributed by atoms with E-state index in [2.05, 4.69) is 9.97 Å². The fourth-order valence-corrected chi connectivity index (χ4v) is 3.70. The molecule has 1 unspecified atom stereocenters. The van der Waals surface area contributed by atoms with Crippen LogP contribution in [-0.2, 0) is 9.53 Å². The molecule has 0 N–H and O–H groups in total. The Morgan fingerprint density at radius 2 is 2.04 bits per heavy atom. The summed E-state index contributed by atoms with van der Waals surface area (Å²) in [5.74, 6) is 0.354. The van der Waals surface area contributed by atoms with E-state index in [1.807, 2.05) is 9.80 Å². The van der Waals surface area contributed by atoms with Gasteiger partial charge in [0.05, 0.1) is 30.0 Å². The van der Waals surface area contributed by atoms with Crippen molar-refractivity contribution in [2.45, 2.75) is 12.8 Å². The number of rotatable bonds is 2. The zero-order valence-electron chi connectivity index (χ0n) is 14.0. The quantitative estimate of drug-likeness (QED) is 0.832. The fraction of sp³-hybridized carbons (Fsp3) is 0.500. The maximum absolute atomic E-state index is 14.4. The summed E-state index contributed by atoms with van der Waals surface area (Å²) in [6, 6.07) is 4.86. The van der Waals surface area contributed by atoms with Crippen molar-refractivity contribution in [1.82, 2.24) is 14.9 Å². The molecule has 4 rings (SSSR count). The number of piperidine rings is 1. The molecule has 1 atom stereocenters. The number of hydrogen-bond acceptors (Lipinski definition) is 5. The van der Waals surface area contributed by atoms with Crippen LogP contribution in [0.15, 0.2) is 24.5 Å². The summed E-state index contributed by atoms with van der Waals surface area (Å²) >= 11 is 0. The van der Waals surface area contributed by atoms with E-state index in [1.54, 1.807) is 12.1 Å². The molecule has 25 heavy (non-hydrogen) atoms. The minimum atomic E-state index is -0.324. The minimum absolute atomic E-state index is 0.0800. The molecule has 0 radical (unpaired) electrons. The van der Waals surface area contributed by atoms with Crippen LogP contribution in [0.3, 0.4) is 0 Å². The molecule has 0 aliphatic carbocycles. The maximum Gasteiger partial charge on any atom is 0.227 e. The first kappa shape index (κ1) is 16.2. The van der Waals surface area contributed by atoms with Gasteiger partial charge in [0, 0.05) is 26.2 Å². The molecule has 132 valence electrons. The minimum Gasteiger partial charge on any atom is -0.378 e. The lowest BCUT2D eigenvalue weighted by Crippen LogP contribution is -2.48. The van der Waals surface area contributed by atoms with Crippen LogP contribution in [0.4, 0.5) is 10.2 Å². The summed E-state index contributed by atoms with van der Waals surface area (Å²) in [6.07, 6.45) is 3.21. The average molecular weight is 344 g/mol. The number of aromatic nitrogens is 2.